The average Bonchev–Trinajstić information content (AvgIpc) is 0.958. The van der Waals surface area contributed by atoms with Gasteiger partial charge in [0.15, 0.2) is 0 Å². The van der Waals surface area contributed by atoms with Crippen LogP contribution in [0.15, 0.2) is 0 Å². The lowest BCUT2D eigenvalue weighted by Crippen LogP contribution is -2.37. The number of esters is 2. The second-order valence-corrected chi connectivity index (χ2v) is 41.2. The van der Waals surface area contributed by atoms with Crippen LogP contribution in [0.3, 0.4) is 0 Å². The lowest BCUT2D eigenvalue weighted by atomic mass is 9.96. The van der Waals surface area contributed by atoms with Crippen LogP contribution < -0.4 is 10.6 Å². The fourth-order valence-corrected chi connectivity index (χ4v) is 19.3. The van der Waals surface area contributed by atoms with E-state index in [2.05, 4.69) is 89.7 Å². The highest BCUT2D eigenvalue weighted by Crippen LogP contribution is 2.25. The van der Waals surface area contributed by atoms with E-state index >= 15 is 0 Å². The molecule has 0 bridgehead atoms. The van der Waals surface area contributed by atoms with Gasteiger partial charge in [-0.15, -0.1) is 0 Å². The summed E-state index contributed by atoms with van der Waals surface area (Å²) in [5.74, 6) is 1.96. The number of ketones is 1. The predicted octanol–water partition coefficient (Wildman–Crippen LogP) is 37.6. The maximum absolute atomic E-state index is 13.5. The molecule has 0 aromatic carbocycles. The number of amides is 1. The second kappa shape index (κ2) is 110. The molecule has 0 rings (SSSR count). The minimum Gasteiger partial charge on any atom is -0.465 e. The van der Waals surface area contributed by atoms with E-state index in [0.29, 0.717) is 62.0 Å². The van der Waals surface area contributed by atoms with E-state index in [1.54, 1.807) is 0 Å². The Labute approximate surface area is 804 Å². The van der Waals surface area contributed by atoms with Crippen molar-refractivity contribution in [2.24, 2.45) is 11.8 Å². The van der Waals surface area contributed by atoms with E-state index in [-0.39, 0.29) is 18.0 Å². The predicted molar refractivity (Wildman–Crippen MR) is 567 cm³/mol. The van der Waals surface area contributed by atoms with Crippen molar-refractivity contribution in [3.8, 4) is 0 Å². The number of carbonyl (C=O) groups excluding carboxylic acids is 4. The van der Waals surface area contributed by atoms with Crippen molar-refractivity contribution in [2.75, 3.05) is 59.0 Å². The molecule has 0 aliphatic carbocycles. The molecule has 0 fully saturated rings. The summed E-state index contributed by atoms with van der Waals surface area (Å²) in [6.07, 6.45) is 115. The number of unbranched alkanes of at least 4 members (excludes halogenated alkanes) is 66. The Balaban J connectivity index is 0. The number of ether oxygens (including phenoxy) is 2. The molecular weight excluding hydrogens is 1570 g/mol. The van der Waals surface area contributed by atoms with Gasteiger partial charge in [0.2, 0.25) is 5.91 Å². The summed E-state index contributed by atoms with van der Waals surface area (Å²) in [5, 5.41) is 7.70. The van der Waals surface area contributed by atoms with Crippen molar-refractivity contribution >= 4 is 23.6 Å². The number of Topliss-reactive ketones (excluding diaryl/α,β-unsaturated/α-hetero) is 1. The molecule has 1 amide bonds. The van der Waals surface area contributed by atoms with Crippen LogP contribution in [0.5, 0.6) is 0 Å². The van der Waals surface area contributed by atoms with Crippen LogP contribution >= 0.6 is 0 Å². The minimum atomic E-state index is -0.0139. The van der Waals surface area contributed by atoms with Gasteiger partial charge in [-0.05, 0) is 160 Å². The van der Waals surface area contributed by atoms with Crippen LogP contribution in [0.4, 0.5) is 0 Å². The highest BCUT2D eigenvalue weighted by Gasteiger charge is 2.20. The van der Waals surface area contributed by atoms with Crippen LogP contribution in [0.1, 0.15) is 654 Å². The lowest BCUT2D eigenvalue weighted by molar-refractivity contribution is -0.146. The molecule has 0 aromatic rings. The minimum absolute atomic E-state index is 0.0139. The van der Waals surface area contributed by atoms with Gasteiger partial charge in [-0.2, -0.15) is 0 Å². The van der Waals surface area contributed by atoms with Gasteiger partial charge in [-0.1, -0.05) is 512 Å². The van der Waals surface area contributed by atoms with Crippen molar-refractivity contribution in [2.45, 2.75) is 666 Å². The van der Waals surface area contributed by atoms with Gasteiger partial charge in [0.25, 0.3) is 0 Å². The van der Waals surface area contributed by atoms with Gasteiger partial charge in [0, 0.05) is 44.8 Å². The third-order valence-corrected chi connectivity index (χ3v) is 28.3. The summed E-state index contributed by atoms with van der Waals surface area (Å²) in [6.45, 7) is 32.1. The van der Waals surface area contributed by atoms with Crippen molar-refractivity contribution in [3.63, 3.8) is 0 Å². The molecule has 0 radical (unpaired) electrons. The van der Waals surface area contributed by atoms with Gasteiger partial charge in [0.05, 0.1) is 19.3 Å². The zero-order chi connectivity index (χ0) is 93.3. The molecule has 0 aromatic heterocycles. The first-order valence-corrected chi connectivity index (χ1v) is 59.3. The van der Waals surface area contributed by atoms with Gasteiger partial charge >= 0.3 is 11.9 Å². The first-order valence-electron chi connectivity index (χ1n) is 59.3. The molecule has 2 N–H and O–H groups in total. The van der Waals surface area contributed by atoms with E-state index in [1.807, 2.05) is 0 Å². The highest BCUT2D eigenvalue weighted by molar-refractivity contribution is 5.84. The third-order valence-electron chi connectivity index (χ3n) is 28.3. The summed E-state index contributed by atoms with van der Waals surface area (Å²) in [7, 11) is 0. The largest absolute Gasteiger partial charge is 0.465 e. The fraction of sp³-hybridized carbons (Fsp3) is 0.966. The summed E-state index contributed by atoms with van der Waals surface area (Å²) >= 11 is 0. The highest BCUT2D eigenvalue weighted by atomic mass is 16.5. The molecule has 0 aliphatic rings. The molecule has 3 unspecified atom stereocenters. The summed E-state index contributed by atoms with van der Waals surface area (Å²) in [5.41, 5.74) is 0. The summed E-state index contributed by atoms with van der Waals surface area (Å²) in [6, 6.07) is 0.690. The summed E-state index contributed by atoms with van der Waals surface area (Å²) in [4.78, 5) is 57.0. The van der Waals surface area contributed by atoms with E-state index in [0.717, 1.165) is 83.8 Å². The Morgan fingerprint density at radius 3 is 0.758 bits per heavy atom. The monoisotopic (exact) mass is 1810 g/mol. The number of hydrogen-bond donors (Lipinski definition) is 2. The van der Waals surface area contributed by atoms with Gasteiger partial charge in [-0.3, -0.25) is 19.2 Å². The zero-order valence-corrected chi connectivity index (χ0v) is 89.4. The molecule has 0 saturated heterocycles. The Hall–Kier alpha value is -2.04. The number of hydrogen-bond acceptors (Lipinski definition) is 9. The Bertz CT molecular complexity index is 2100. The normalized spacial score (nSPS) is 12.6. The topological polar surface area (TPSA) is 117 Å². The Morgan fingerprint density at radius 2 is 0.438 bits per heavy atom. The lowest BCUT2D eigenvalue weighted by Gasteiger charge is -2.23. The van der Waals surface area contributed by atoms with E-state index in [9.17, 15) is 19.2 Å². The van der Waals surface area contributed by atoms with Crippen LogP contribution in [0.25, 0.3) is 0 Å². The van der Waals surface area contributed by atoms with Crippen molar-refractivity contribution < 1.29 is 28.7 Å². The Morgan fingerprint density at radius 1 is 0.211 bits per heavy atom. The smallest absolute Gasteiger partial charge is 0.305 e. The third kappa shape index (κ3) is 98.5. The molecular formula is C118H236N4O6. The maximum Gasteiger partial charge on any atom is 0.305 e. The quantitative estimate of drug-likeness (QED) is 0.0453. The molecule has 0 saturated carbocycles. The SMILES string of the molecule is CCCCCCCCCCN(CCCCCCCCCC)C(=O)CCCCCCCCC(CCCCCCCCC(=O)OCC(CCCC)CCCCCC)NCCCCCCCC.CCCCCCCCCCN(CCCCCCCCCC)CCCCCCCCC[C@H](NCCCCCCCC)C(=O)CCCCCCCC(=O)OCC(CCCC)CCCCCC. The molecule has 0 aliphatic heterocycles. The zero-order valence-electron chi connectivity index (χ0n) is 89.4. The van der Waals surface area contributed by atoms with Gasteiger partial charge in [-0.25, -0.2) is 0 Å². The van der Waals surface area contributed by atoms with E-state index in [1.165, 1.54) is 527 Å². The summed E-state index contributed by atoms with van der Waals surface area (Å²) < 4.78 is 11.5. The van der Waals surface area contributed by atoms with E-state index < -0.39 is 0 Å². The molecule has 10 nitrogen and oxygen atoms in total. The van der Waals surface area contributed by atoms with Gasteiger partial charge < -0.3 is 29.9 Å². The second-order valence-electron chi connectivity index (χ2n) is 41.2. The fourth-order valence-electron chi connectivity index (χ4n) is 19.3. The molecule has 10 heteroatoms. The van der Waals surface area contributed by atoms with Crippen LogP contribution in [-0.4, -0.2) is 105 Å². The molecule has 128 heavy (non-hydrogen) atoms. The van der Waals surface area contributed by atoms with Gasteiger partial charge in [0.1, 0.15) is 5.78 Å². The van der Waals surface area contributed by atoms with Crippen molar-refractivity contribution in [3.05, 3.63) is 0 Å². The molecule has 0 spiro atoms. The number of carbonyl (C=O) groups is 4. The molecule has 764 valence electrons. The first-order chi connectivity index (χ1) is 63.0. The number of rotatable bonds is 109. The standard InChI is InChI=1S/2C59H118N2O3/c1-6-11-16-20-23-29-36-44-53-61(54-45-37-30-24-21-17-12-7-2)58(62)50-41-33-27-25-31-39-48-57(60-52-43-35-22-18-13-8-3)49-40-32-26-28-34-42-51-59(63)64-55-56(46-15-10-5)47-38-19-14-9-4;1-6-11-16-20-23-27-35-43-52-61(53-44-36-28-24-21-17-12-7-2)54-45-37-29-25-26-31-39-48-57(60-51-42-34-22-18-13-8-3)58(62)49-40-32-30-33-41-50-59(63)64-55-56(46-15-10-5)47-38-19-14-9-4/h2*56-57,60H,6-55H2,1-5H3/t;56?,57-/m.0/s1. The maximum atomic E-state index is 13.5. The van der Waals surface area contributed by atoms with E-state index in [4.69, 9.17) is 9.47 Å². The number of nitrogens with zero attached hydrogens (tertiary/aromatic N) is 2. The van der Waals surface area contributed by atoms with Crippen molar-refractivity contribution in [1.29, 1.82) is 0 Å². The van der Waals surface area contributed by atoms with Crippen LogP contribution in [0.2, 0.25) is 0 Å². The number of nitrogens with one attached hydrogen (secondary N) is 2. The average molecular weight is 1810 g/mol. The van der Waals surface area contributed by atoms with Crippen LogP contribution in [0, 0.1) is 11.8 Å². The molecule has 0 heterocycles. The Kier molecular flexibility index (Phi) is 110. The van der Waals surface area contributed by atoms with Crippen molar-refractivity contribution in [1.82, 2.24) is 20.4 Å². The first kappa shape index (κ1) is 128. The van der Waals surface area contributed by atoms with Crippen LogP contribution in [-0.2, 0) is 28.7 Å². The molecule has 4 atom stereocenters.